The van der Waals surface area contributed by atoms with Crippen molar-refractivity contribution in [1.29, 1.82) is 0 Å². The van der Waals surface area contributed by atoms with Crippen molar-refractivity contribution in [3.05, 3.63) is 29.3 Å². The highest BCUT2D eigenvalue weighted by molar-refractivity contribution is 7.79. The summed E-state index contributed by atoms with van der Waals surface area (Å²) in [5.74, 6) is -0.294. The van der Waals surface area contributed by atoms with E-state index in [0.717, 1.165) is 10.2 Å². The summed E-state index contributed by atoms with van der Waals surface area (Å²) in [6.07, 6.45) is 1.32. The lowest BCUT2D eigenvalue weighted by atomic mass is 10.0. The van der Waals surface area contributed by atoms with Crippen LogP contribution in [0.15, 0.2) is 29.3 Å². The van der Waals surface area contributed by atoms with Crippen molar-refractivity contribution < 1.29 is 4.79 Å². The number of benzene rings is 1. The van der Waals surface area contributed by atoms with E-state index in [9.17, 15) is 4.79 Å². The number of ketones is 1. The fourth-order valence-electron chi connectivity index (χ4n) is 1.92. The Labute approximate surface area is 132 Å². The van der Waals surface area contributed by atoms with Crippen LogP contribution in [-0.2, 0) is 0 Å². The second-order valence-corrected chi connectivity index (χ2v) is 5.85. The van der Waals surface area contributed by atoms with Crippen LogP contribution in [0.4, 0.5) is 0 Å². The first-order valence-electron chi connectivity index (χ1n) is 6.52. The number of thiocarbonyl (C=S) groups is 1. The highest BCUT2D eigenvalue weighted by atomic mass is 32.1. The highest BCUT2D eigenvalue weighted by Crippen LogP contribution is 2.24. The van der Waals surface area contributed by atoms with Crippen molar-refractivity contribution in [2.45, 2.75) is 12.8 Å². The number of nitrogens with two attached hydrogens (primary N) is 2. The summed E-state index contributed by atoms with van der Waals surface area (Å²) in [6, 6.07) is 7.69. The molecule has 0 amide bonds. The van der Waals surface area contributed by atoms with Crippen LogP contribution in [0.1, 0.15) is 22.6 Å². The molecule has 0 saturated heterocycles. The number of hydrogen-bond donors (Lipinski definition) is 2. The Hall–Kier alpha value is -1.86. The first kappa shape index (κ1) is 15.5. The van der Waals surface area contributed by atoms with E-state index in [1.54, 1.807) is 0 Å². The number of guanidine groups is 1. The molecule has 4 N–H and O–H groups in total. The van der Waals surface area contributed by atoms with E-state index in [2.05, 4.69) is 9.98 Å². The Kier molecular flexibility index (Phi) is 5.35. The van der Waals surface area contributed by atoms with Gasteiger partial charge in [-0.05, 0) is 30.3 Å². The average Bonchev–Trinajstić information content (AvgIpc) is 2.90. The van der Waals surface area contributed by atoms with Crippen LogP contribution >= 0.6 is 23.6 Å². The quantitative estimate of drug-likeness (QED) is 0.268. The Morgan fingerprint density at radius 3 is 2.86 bits per heavy atom. The third-order valence-electron chi connectivity index (χ3n) is 2.97. The number of para-hydroxylation sites is 1. The fourth-order valence-corrected chi connectivity index (χ4v) is 3.15. The van der Waals surface area contributed by atoms with Gasteiger partial charge in [0.2, 0.25) is 0 Å². The molecule has 1 heterocycles. The molecule has 0 aliphatic heterocycles. The molecule has 1 atom stereocenters. The summed E-state index contributed by atoms with van der Waals surface area (Å²) in [6.45, 7) is 0.495. The van der Waals surface area contributed by atoms with Gasteiger partial charge >= 0.3 is 0 Å². The Morgan fingerprint density at radius 1 is 1.43 bits per heavy atom. The Balaban J connectivity index is 2.05. The van der Waals surface area contributed by atoms with Crippen molar-refractivity contribution in [3.8, 4) is 0 Å². The van der Waals surface area contributed by atoms with E-state index < -0.39 is 0 Å². The first-order chi connectivity index (χ1) is 10.1. The average molecular weight is 320 g/mol. The molecule has 1 aromatic carbocycles. The lowest BCUT2D eigenvalue weighted by Crippen LogP contribution is -2.23. The van der Waals surface area contributed by atoms with Crippen molar-refractivity contribution >= 4 is 50.9 Å². The number of carbonyl (C=O) groups is 1. The Morgan fingerprint density at radius 2 is 2.19 bits per heavy atom. The molecule has 7 heteroatoms. The third kappa shape index (κ3) is 4.05. The van der Waals surface area contributed by atoms with Crippen molar-refractivity contribution in [3.63, 3.8) is 0 Å². The van der Waals surface area contributed by atoms with Gasteiger partial charge in [-0.25, -0.2) is 4.98 Å². The van der Waals surface area contributed by atoms with Crippen LogP contribution < -0.4 is 11.5 Å². The third-order valence-corrected chi connectivity index (χ3v) is 4.35. The second kappa shape index (κ2) is 7.24. The van der Waals surface area contributed by atoms with Gasteiger partial charge in [0.05, 0.1) is 16.1 Å². The maximum Gasteiger partial charge on any atom is 0.199 e. The van der Waals surface area contributed by atoms with Gasteiger partial charge in [-0.2, -0.15) is 0 Å². The smallest absolute Gasteiger partial charge is 0.199 e. The predicted octanol–water partition coefficient (Wildman–Crippen LogP) is 2.15. The Bertz CT molecular complexity index is 643. The van der Waals surface area contributed by atoms with Crippen molar-refractivity contribution in [1.82, 2.24) is 4.98 Å². The van der Waals surface area contributed by atoms with E-state index in [0.29, 0.717) is 24.4 Å². The molecule has 21 heavy (non-hydrogen) atoms. The summed E-state index contributed by atoms with van der Waals surface area (Å²) in [7, 11) is 0. The summed E-state index contributed by atoms with van der Waals surface area (Å²) < 4.78 is 1.00. The zero-order valence-corrected chi connectivity index (χ0v) is 13.0. The number of aromatic nitrogens is 1. The van der Waals surface area contributed by atoms with E-state index in [1.165, 1.54) is 16.7 Å². The van der Waals surface area contributed by atoms with Gasteiger partial charge in [-0.15, -0.1) is 11.3 Å². The van der Waals surface area contributed by atoms with Gasteiger partial charge in [0, 0.05) is 6.54 Å². The fraction of sp³-hybridized carbons (Fsp3) is 0.286. The van der Waals surface area contributed by atoms with Gasteiger partial charge in [-0.1, -0.05) is 24.4 Å². The number of hydrogen-bond acceptors (Lipinski definition) is 5. The molecular weight excluding hydrogens is 304 g/mol. The maximum atomic E-state index is 12.4. The molecule has 0 aliphatic rings. The van der Waals surface area contributed by atoms with E-state index in [4.69, 9.17) is 23.7 Å². The van der Waals surface area contributed by atoms with Gasteiger partial charge in [-0.3, -0.25) is 9.79 Å². The standard InChI is InChI=1S/C14H16N4OS2/c15-14(16)17-7-3-4-9(8-20)12(19)13-18-10-5-1-2-6-11(10)21-13/h1-2,5-6,8-9H,3-4,7H2,(H4,15,16,17). The summed E-state index contributed by atoms with van der Waals surface area (Å²) in [5.41, 5.74) is 11.4. The molecule has 0 radical (unpaired) electrons. The highest BCUT2D eigenvalue weighted by Gasteiger charge is 2.20. The SMILES string of the molecule is NC(N)=NCCCC(C=S)C(=O)c1nc2ccccc2s1. The number of carbonyl (C=O) groups excluding carboxylic acids is 1. The molecule has 0 saturated carbocycles. The van der Waals surface area contributed by atoms with Crippen LogP contribution in [0.3, 0.4) is 0 Å². The minimum Gasteiger partial charge on any atom is -0.370 e. The summed E-state index contributed by atoms with van der Waals surface area (Å²) >= 11 is 6.38. The zero-order valence-electron chi connectivity index (χ0n) is 11.4. The van der Waals surface area contributed by atoms with Gasteiger partial charge in [0.15, 0.2) is 16.8 Å². The van der Waals surface area contributed by atoms with Gasteiger partial charge in [0.1, 0.15) is 0 Å². The summed E-state index contributed by atoms with van der Waals surface area (Å²) in [4.78, 5) is 20.7. The van der Waals surface area contributed by atoms with E-state index >= 15 is 0 Å². The van der Waals surface area contributed by atoms with Crippen molar-refractivity contribution in [2.75, 3.05) is 6.54 Å². The lowest BCUT2D eigenvalue weighted by molar-refractivity contribution is 0.0952. The lowest BCUT2D eigenvalue weighted by Gasteiger charge is -2.07. The largest absolute Gasteiger partial charge is 0.370 e. The van der Waals surface area contributed by atoms with Crippen LogP contribution in [0.25, 0.3) is 10.2 Å². The minimum absolute atomic E-state index is 0.0316. The van der Waals surface area contributed by atoms with Crippen LogP contribution in [0, 0.1) is 5.92 Å². The predicted molar refractivity (Wildman–Crippen MR) is 91.0 cm³/mol. The molecule has 0 spiro atoms. The zero-order chi connectivity index (χ0) is 15.2. The molecular formula is C14H16N4OS2. The van der Waals surface area contributed by atoms with Gasteiger partial charge in [0.25, 0.3) is 0 Å². The monoisotopic (exact) mass is 320 g/mol. The molecule has 2 rings (SSSR count). The molecule has 5 nitrogen and oxygen atoms in total. The summed E-state index contributed by atoms with van der Waals surface area (Å²) in [5, 5.41) is 2.01. The van der Waals surface area contributed by atoms with E-state index in [-0.39, 0.29) is 17.7 Å². The number of nitrogens with zero attached hydrogens (tertiary/aromatic N) is 2. The topological polar surface area (TPSA) is 94.4 Å². The molecule has 1 unspecified atom stereocenters. The number of fused-ring (bicyclic) bond motifs is 1. The number of Topliss-reactive ketones (excluding diaryl/α,β-unsaturated/α-hetero) is 1. The van der Waals surface area contributed by atoms with E-state index in [1.807, 2.05) is 24.3 Å². The molecule has 110 valence electrons. The number of rotatable bonds is 7. The van der Waals surface area contributed by atoms with Crippen molar-refractivity contribution in [2.24, 2.45) is 22.4 Å². The van der Waals surface area contributed by atoms with Crippen LogP contribution in [0.5, 0.6) is 0 Å². The maximum absolute atomic E-state index is 12.4. The second-order valence-electron chi connectivity index (χ2n) is 4.54. The van der Waals surface area contributed by atoms with Crippen LogP contribution in [0.2, 0.25) is 0 Å². The number of aliphatic imine (C=N–C) groups is 1. The molecule has 0 aliphatic carbocycles. The normalized spacial score (nSPS) is 12.0. The molecule has 1 aromatic heterocycles. The molecule has 2 aromatic rings. The number of thiazole rings is 1. The molecule has 0 fully saturated rings. The molecule has 0 bridgehead atoms. The first-order valence-corrected chi connectivity index (χ1v) is 7.81. The van der Waals surface area contributed by atoms with Gasteiger partial charge < -0.3 is 11.5 Å². The minimum atomic E-state index is -0.324. The van der Waals surface area contributed by atoms with Crippen LogP contribution in [-0.4, -0.2) is 28.6 Å².